The molecule has 0 bridgehead atoms. The monoisotopic (exact) mass is 176 g/mol. The second-order valence-corrected chi connectivity index (χ2v) is 0.981. The minimum Gasteiger partial charge on any atom is -0.878 e. The molecule has 3 heteroatoms. The standard InChI is InChI=1S/C2H3IO.Li/c3-1-2-4;/h1-2,4H;/q;+1/p-1. The summed E-state index contributed by atoms with van der Waals surface area (Å²) in [7, 11) is 0. The first-order valence-corrected chi connectivity index (χ1v) is 2.03. The van der Waals surface area contributed by atoms with E-state index in [1.54, 1.807) is 0 Å². The molecule has 0 aromatic carbocycles. The van der Waals surface area contributed by atoms with Crippen LogP contribution in [0.15, 0.2) is 10.3 Å². The summed E-state index contributed by atoms with van der Waals surface area (Å²) in [5.74, 6) is 0. The topological polar surface area (TPSA) is 23.1 Å². The molecular formula is C2H2ILiO. The second kappa shape index (κ2) is 8.85. The average Bonchev–Trinajstić information content (AvgIpc) is 1.37. The Labute approximate surface area is 56.8 Å². The number of hydrogen-bond acceptors (Lipinski definition) is 1. The van der Waals surface area contributed by atoms with Crippen LogP contribution in [0.1, 0.15) is 0 Å². The van der Waals surface area contributed by atoms with Crippen molar-refractivity contribution < 1.29 is 24.0 Å². The van der Waals surface area contributed by atoms with Gasteiger partial charge in [-0.3, -0.25) is 0 Å². The first-order chi connectivity index (χ1) is 1.91. The zero-order chi connectivity index (χ0) is 3.41. The van der Waals surface area contributed by atoms with Crippen LogP contribution >= 0.6 is 22.6 Å². The summed E-state index contributed by atoms with van der Waals surface area (Å²) in [4.78, 5) is 0. The van der Waals surface area contributed by atoms with E-state index >= 15 is 0 Å². The minimum atomic E-state index is 0. The van der Waals surface area contributed by atoms with E-state index in [4.69, 9.17) is 5.11 Å². The summed E-state index contributed by atoms with van der Waals surface area (Å²) in [6.07, 6.45) is 0.737. The Kier molecular flexibility index (Phi) is 16.5. The van der Waals surface area contributed by atoms with Gasteiger partial charge in [0.05, 0.1) is 0 Å². The second-order valence-electron chi connectivity index (χ2n) is 0.262. The first-order valence-electron chi connectivity index (χ1n) is 0.787. The third kappa shape index (κ3) is 11.5. The molecule has 0 radical (unpaired) electrons. The summed E-state index contributed by atoms with van der Waals surface area (Å²) in [5, 5.41) is 9.11. The SMILES string of the molecule is [Li+].[O-]C=CI. The summed E-state index contributed by atoms with van der Waals surface area (Å²) in [6, 6.07) is 0. The van der Waals surface area contributed by atoms with Crippen LogP contribution in [0.3, 0.4) is 0 Å². The van der Waals surface area contributed by atoms with Gasteiger partial charge in [-0.25, -0.2) is 0 Å². The fourth-order valence-electron chi connectivity index (χ4n) is 0. The van der Waals surface area contributed by atoms with Gasteiger partial charge in [-0.1, -0.05) is 22.6 Å². The zero-order valence-corrected chi connectivity index (χ0v) is 5.10. The molecule has 0 aromatic heterocycles. The van der Waals surface area contributed by atoms with Crippen LogP contribution in [0, 0.1) is 0 Å². The molecule has 0 aromatic rings. The van der Waals surface area contributed by atoms with E-state index in [-0.39, 0.29) is 18.9 Å². The van der Waals surface area contributed by atoms with Crippen LogP contribution in [-0.4, -0.2) is 0 Å². The van der Waals surface area contributed by atoms with Crippen molar-refractivity contribution in [1.29, 1.82) is 0 Å². The predicted molar refractivity (Wildman–Crippen MR) is 23.2 cm³/mol. The van der Waals surface area contributed by atoms with Gasteiger partial charge in [0.1, 0.15) is 0 Å². The van der Waals surface area contributed by atoms with Crippen molar-refractivity contribution in [2.45, 2.75) is 0 Å². The molecule has 1 nitrogen and oxygen atoms in total. The summed E-state index contributed by atoms with van der Waals surface area (Å²) >= 11 is 1.86. The quantitative estimate of drug-likeness (QED) is 0.223. The number of hydrogen-bond donors (Lipinski definition) is 0. The first kappa shape index (κ1) is 9.29. The summed E-state index contributed by atoms with van der Waals surface area (Å²) < 4.78 is 1.41. The maximum Gasteiger partial charge on any atom is 1.00 e. The van der Waals surface area contributed by atoms with Gasteiger partial charge in [0.15, 0.2) is 0 Å². The van der Waals surface area contributed by atoms with Crippen molar-refractivity contribution in [2.75, 3.05) is 0 Å². The van der Waals surface area contributed by atoms with Crippen molar-refractivity contribution >= 4 is 22.6 Å². The fraction of sp³-hybridized carbons (Fsp3) is 0. The molecule has 0 aliphatic heterocycles. The summed E-state index contributed by atoms with van der Waals surface area (Å²) in [6.45, 7) is 0. The van der Waals surface area contributed by atoms with E-state index < -0.39 is 0 Å². The number of rotatable bonds is 0. The van der Waals surface area contributed by atoms with E-state index in [1.807, 2.05) is 22.6 Å². The largest absolute Gasteiger partial charge is 1.00 e. The van der Waals surface area contributed by atoms with Crippen LogP contribution < -0.4 is 24.0 Å². The van der Waals surface area contributed by atoms with Crippen molar-refractivity contribution in [1.82, 2.24) is 0 Å². The van der Waals surface area contributed by atoms with Crippen molar-refractivity contribution in [2.24, 2.45) is 0 Å². The van der Waals surface area contributed by atoms with E-state index in [0.717, 1.165) is 6.26 Å². The van der Waals surface area contributed by atoms with E-state index in [2.05, 4.69) is 0 Å². The van der Waals surface area contributed by atoms with Crippen molar-refractivity contribution in [3.05, 3.63) is 10.3 Å². The molecule has 0 atom stereocenters. The van der Waals surface area contributed by atoms with Gasteiger partial charge in [0.25, 0.3) is 0 Å². The Morgan fingerprint density at radius 1 is 1.60 bits per heavy atom. The van der Waals surface area contributed by atoms with Gasteiger partial charge in [-0.15, -0.1) is 6.26 Å². The Morgan fingerprint density at radius 2 is 1.80 bits per heavy atom. The molecule has 0 saturated heterocycles. The van der Waals surface area contributed by atoms with E-state index in [9.17, 15) is 0 Å². The van der Waals surface area contributed by atoms with E-state index in [0.29, 0.717) is 0 Å². The molecule has 0 fully saturated rings. The molecule has 0 rings (SSSR count). The molecule has 0 amide bonds. The zero-order valence-electron chi connectivity index (χ0n) is 2.94. The molecule has 0 saturated carbocycles. The van der Waals surface area contributed by atoms with Crippen LogP contribution in [0.2, 0.25) is 0 Å². The van der Waals surface area contributed by atoms with Crippen molar-refractivity contribution in [3.8, 4) is 0 Å². The smallest absolute Gasteiger partial charge is 0.878 e. The molecular weight excluding hydrogens is 174 g/mol. The predicted octanol–water partition coefficient (Wildman–Crippen LogP) is -2.74. The number of halogens is 1. The van der Waals surface area contributed by atoms with Crippen LogP contribution in [-0.2, 0) is 0 Å². The molecule has 0 heterocycles. The average molecular weight is 176 g/mol. The molecule has 24 valence electrons. The maximum absolute atomic E-state index is 9.11. The minimum absolute atomic E-state index is 0. The molecule has 0 aliphatic carbocycles. The molecule has 0 spiro atoms. The third-order valence-electron chi connectivity index (χ3n) is 0.0514. The molecule has 0 N–H and O–H groups in total. The van der Waals surface area contributed by atoms with Crippen LogP contribution in [0.25, 0.3) is 0 Å². The molecule has 5 heavy (non-hydrogen) atoms. The Morgan fingerprint density at radius 3 is 1.80 bits per heavy atom. The van der Waals surface area contributed by atoms with Crippen LogP contribution in [0.5, 0.6) is 0 Å². The van der Waals surface area contributed by atoms with E-state index in [1.165, 1.54) is 4.08 Å². The molecule has 0 unspecified atom stereocenters. The Balaban J connectivity index is 0. The van der Waals surface area contributed by atoms with Gasteiger partial charge in [0, 0.05) is 0 Å². The Bertz CT molecular complexity index is 24.8. The maximum atomic E-state index is 9.11. The van der Waals surface area contributed by atoms with Gasteiger partial charge >= 0.3 is 18.9 Å². The normalized spacial score (nSPS) is 7.40. The van der Waals surface area contributed by atoms with Gasteiger partial charge in [-0.05, 0) is 4.08 Å². The van der Waals surface area contributed by atoms with Gasteiger partial charge in [0.2, 0.25) is 0 Å². The Hall–Kier alpha value is 0.867. The fourth-order valence-corrected chi connectivity index (χ4v) is 0. The van der Waals surface area contributed by atoms with Gasteiger partial charge < -0.3 is 5.11 Å². The van der Waals surface area contributed by atoms with Crippen molar-refractivity contribution in [3.63, 3.8) is 0 Å². The summed E-state index contributed by atoms with van der Waals surface area (Å²) in [5.41, 5.74) is 0. The molecule has 0 aliphatic rings. The third-order valence-corrected chi connectivity index (χ3v) is 0.345. The van der Waals surface area contributed by atoms with Crippen LogP contribution in [0.4, 0.5) is 0 Å². The van der Waals surface area contributed by atoms with Gasteiger partial charge in [-0.2, -0.15) is 0 Å².